The lowest BCUT2D eigenvalue weighted by Gasteiger charge is -2.19. The highest BCUT2D eigenvalue weighted by Gasteiger charge is 2.49. The lowest BCUT2D eigenvalue weighted by atomic mass is 10.0. The van der Waals surface area contributed by atoms with Crippen LogP contribution in [0.15, 0.2) is 29.4 Å². The van der Waals surface area contributed by atoms with Crippen LogP contribution in [0, 0.1) is 0 Å². The molecule has 0 aromatic heterocycles. The van der Waals surface area contributed by atoms with Gasteiger partial charge in [0.05, 0.1) is 5.69 Å². The van der Waals surface area contributed by atoms with Crippen molar-refractivity contribution in [3.8, 4) is 0 Å². The number of esters is 1. The maximum Gasteiger partial charge on any atom is 0.453 e. The number of ether oxygens (including phenoxy) is 1. The number of hydrogen-bond acceptors (Lipinski definition) is 4. The van der Waals surface area contributed by atoms with Crippen molar-refractivity contribution in [2.24, 2.45) is 5.10 Å². The molecule has 1 aromatic rings. The highest BCUT2D eigenvalue weighted by atomic mass is 19.4. The number of benzene rings is 1. The zero-order valence-electron chi connectivity index (χ0n) is 15.4. The first-order valence-electron chi connectivity index (χ1n) is 8.83. The third-order valence-electron chi connectivity index (χ3n) is 3.81. The number of nitrogens with zero attached hydrogens (tertiary/aromatic N) is 2. The molecule has 1 aliphatic heterocycles. The van der Waals surface area contributed by atoms with E-state index in [0.717, 1.165) is 42.7 Å². The lowest BCUT2D eigenvalue weighted by Crippen LogP contribution is -2.23. The number of unbranched alkanes of at least 4 members (excludes halogenated alkanes) is 3. The normalized spacial score (nSPS) is 14.2. The summed E-state index contributed by atoms with van der Waals surface area (Å²) in [7, 11) is 0. The molecule has 0 spiro atoms. The summed E-state index contributed by atoms with van der Waals surface area (Å²) in [5.41, 5.74) is 1.07. The fourth-order valence-corrected chi connectivity index (χ4v) is 2.58. The molecule has 0 fully saturated rings. The van der Waals surface area contributed by atoms with Crippen LogP contribution in [-0.2, 0) is 16.0 Å². The minimum atomic E-state index is -4.39. The van der Waals surface area contributed by atoms with Crippen LogP contribution in [0.25, 0.3) is 0 Å². The Labute approximate surface area is 152 Å². The van der Waals surface area contributed by atoms with Crippen LogP contribution in [0.3, 0.4) is 0 Å². The number of carbonyl (C=O) groups excluding carboxylic acids is 1. The minimum Gasteiger partial charge on any atom is -0.460 e. The molecule has 0 saturated heterocycles. The number of rotatable bonds is 8. The molecule has 0 radical (unpaired) electrons. The Morgan fingerprint density at radius 1 is 1.04 bits per heavy atom. The van der Waals surface area contributed by atoms with Crippen LogP contribution in [0.4, 0.5) is 18.9 Å². The van der Waals surface area contributed by atoms with E-state index in [4.69, 9.17) is 4.74 Å². The molecule has 1 heterocycles. The Bertz CT molecular complexity index is 646. The summed E-state index contributed by atoms with van der Waals surface area (Å²) < 4.78 is 42.6. The number of carbonyl (C=O) groups is 1. The van der Waals surface area contributed by atoms with Crippen molar-refractivity contribution < 1.29 is 22.7 Å². The van der Waals surface area contributed by atoms with E-state index in [-0.39, 0.29) is 5.97 Å². The first-order valence-corrected chi connectivity index (χ1v) is 8.83. The van der Waals surface area contributed by atoms with Crippen molar-refractivity contribution >= 4 is 17.5 Å². The summed E-state index contributed by atoms with van der Waals surface area (Å²) in [6.07, 6.45) is 0.634. The van der Waals surface area contributed by atoms with Crippen LogP contribution in [0.1, 0.15) is 58.4 Å². The number of anilines is 1. The molecule has 0 saturated carbocycles. The van der Waals surface area contributed by atoms with Crippen LogP contribution in [0.5, 0.6) is 0 Å². The number of halogens is 3. The summed E-state index contributed by atoms with van der Waals surface area (Å²) >= 11 is 0. The number of alkyl halides is 3. The zero-order chi connectivity index (χ0) is 19.4. The number of hydrogen-bond donors (Lipinski definition) is 0. The van der Waals surface area contributed by atoms with Gasteiger partial charge in [0.2, 0.25) is 0 Å². The van der Waals surface area contributed by atoms with Gasteiger partial charge in [0.1, 0.15) is 5.60 Å². The summed E-state index contributed by atoms with van der Waals surface area (Å²) in [4.78, 5) is 11.6. The lowest BCUT2D eigenvalue weighted by molar-refractivity contribution is -0.154. The van der Waals surface area contributed by atoms with Crippen molar-refractivity contribution in [1.29, 1.82) is 0 Å². The van der Waals surface area contributed by atoms with Gasteiger partial charge in [-0.15, -0.1) is 5.10 Å². The topological polar surface area (TPSA) is 41.7 Å². The molecule has 0 bridgehead atoms. The fraction of sp³-hybridized carbons (Fsp3) is 0.579. The molecule has 0 aliphatic carbocycles. The van der Waals surface area contributed by atoms with E-state index >= 15 is 0 Å². The van der Waals surface area contributed by atoms with Gasteiger partial charge >= 0.3 is 12.1 Å². The first kappa shape index (κ1) is 20.3. The highest BCUT2D eigenvalue weighted by Crippen LogP contribution is 2.33. The van der Waals surface area contributed by atoms with Gasteiger partial charge in [-0.05, 0) is 57.7 Å². The molecule has 7 heteroatoms. The molecule has 144 valence electrons. The van der Waals surface area contributed by atoms with Crippen LogP contribution < -0.4 is 5.01 Å². The number of hydrazone groups is 1. The van der Waals surface area contributed by atoms with Gasteiger partial charge in [0.15, 0.2) is 0 Å². The second-order valence-electron chi connectivity index (χ2n) is 7.40. The average molecular weight is 370 g/mol. The molecule has 1 aliphatic rings. The summed E-state index contributed by atoms with van der Waals surface area (Å²) in [6, 6.07) is 6.97. The second-order valence-corrected chi connectivity index (χ2v) is 7.40. The van der Waals surface area contributed by atoms with Crippen molar-refractivity contribution in [3.05, 3.63) is 29.8 Å². The van der Waals surface area contributed by atoms with Crippen molar-refractivity contribution in [3.63, 3.8) is 0 Å². The predicted octanol–water partition coefficient (Wildman–Crippen LogP) is 5.22. The molecular weight excluding hydrogens is 345 g/mol. The summed E-state index contributed by atoms with van der Waals surface area (Å²) in [6.45, 7) is 5.56. The third-order valence-corrected chi connectivity index (χ3v) is 3.81. The van der Waals surface area contributed by atoms with Crippen LogP contribution in [-0.4, -0.2) is 23.6 Å². The Morgan fingerprint density at radius 3 is 2.19 bits per heavy atom. The summed E-state index contributed by atoms with van der Waals surface area (Å²) in [5, 5.41) is 4.25. The van der Waals surface area contributed by atoms with E-state index in [1.54, 1.807) is 12.1 Å². The maximum absolute atomic E-state index is 12.5. The van der Waals surface area contributed by atoms with Crippen molar-refractivity contribution in [2.45, 2.75) is 71.1 Å². The Hall–Kier alpha value is -2.05. The van der Waals surface area contributed by atoms with E-state index in [0.29, 0.717) is 12.1 Å². The monoisotopic (exact) mass is 370 g/mol. The molecule has 1 aromatic carbocycles. The predicted molar refractivity (Wildman–Crippen MR) is 95.0 cm³/mol. The van der Waals surface area contributed by atoms with E-state index in [9.17, 15) is 18.0 Å². The van der Waals surface area contributed by atoms with E-state index in [2.05, 4.69) is 5.10 Å². The second kappa shape index (κ2) is 8.10. The van der Waals surface area contributed by atoms with Crippen molar-refractivity contribution in [1.82, 2.24) is 0 Å². The van der Waals surface area contributed by atoms with E-state index in [1.807, 2.05) is 32.9 Å². The van der Waals surface area contributed by atoms with Gasteiger partial charge in [0.25, 0.3) is 5.84 Å². The zero-order valence-corrected chi connectivity index (χ0v) is 15.4. The average Bonchev–Trinajstić information content (AvgIpc) is 3.30. The Balaban J connectivity index is 1.60. The van der Waals surface area contributed by atoms with Gasteiger partial charge < -0.3 is 4.74 Å². The van der Waals surface area contributed by atoms with Gasteiger partial charge in [-0.2, -0.15) is 13.2 Å². The molecule has 26 heavy (non-hydrogen) atoms. The molecule has 4 nitrogen and oxygen atoms in total. The van der Waals surface area contributed by atoms with Crippen LogP contribution in [0.2, 0.25) is 0 Å². The standard InChI is InChI=1S/C19H25F3N2O2/c1-18(2,3)26-16(25)9-7-5-4-6-8-14-10-12-15(13-11-14)24-17(23-24)19(20,21)22/h10-13H,4-9H2,1-3H3. The Kier molecular flexibility index (Phi) is 6.31. The highest BCUT2D eigenvalue weighted by molar-refractivity contribution is 6.11. The van der Waals surface area contributed by atoms with Gasteiger partial charge in [-0.25, -0.2) is 5.01 Å². The van der Waals surface area contributed by atoms with Crippen molar-refractivity contribution in [2.75, 3.05) is 5.01 Å². The molecule has 0 amide bonds. The van der Waals surface area contributed by atoms with E-state index in [1.165, 1.54) is 0 Å². The molecule has 0 unspecified atom stereocenters. The van der Waals surface area contributed by atoms with Gasteiger partial charge in [-0.3, -0.25) is 4.79 Å². The molecule has 0 N–H and O–H groups in total. The third kappa shape index (κ3) is 6.69. The molecular formula is C19H25F3N2O2. The molecule has 2 rings (SSSR count). The van der Waals surface area contributed by atoms with E-state index < -0.39 is 17.6 Å². The maximum atomic E-state index is 12.5. The number of aryl methyl sites for hydroxylation is 1. The largest absolute Gasteiger partial charge is 0.460 e. The summed E-state index contributed by atoms with van der Waals surface area (Å²) in [5.74, 6) is -1.01. The number of amidine groups is 1. The van der Waals surface area contributed by atoms with Gasteiger partial charge in [0, 0.05) is 6.42 Å². The quantitative estimate of drug-likeness (QED) is 0.465. The molecule has 0 atom stereocenters. The Morgan fingerprint density at radius 2 is 1.65 bits per heavy atom. The first-order chi connectivity index (χ1) is 12.1. The minimum absolute atomic E-state index is 0.163. The van der Waals surface area contributed by atoms with Crippen LogP contribution >= 0.6 is 0 Å². The SMILES string of the molecule is CC(C)(C)OC(=O)CCCCCCc1ccc(N2N=C2C(F)(F)F)cc1. The smallest absolute Gasteiger partial charge is 0.453 e. The fourth-order valence-electron chi connectivity index (χ4n) is 2.58. The van der Waals surface area contributed by atoms with Gasteiger partial charge in [-0.1, -0.05) is 25.0 Å².